The first-order valence-corrected chi connectivity index (χ1v) is 7.66. The predicted molar refractivity (Wildman–Crippen MR) is 92.6 cm³/mol. The number of H-pyrrole nitrogens is 1. The number of halogens is 3. The van der Waals surface area contributed by atoms with Crippen molar-refractivity contribution in [1.82, 2.24) is 15.3 Å². The lowest BCUT2D eigenvalue weighted by molar-refractivity contribution is -0.136. The lowest BCUT2D eigenvalue weighted by Gasteiger charge is -2.11. The minimum atomic E-state index is -4.65. The fourth-order valence-electron chi connectivity index (χ4n) is 2.39. The van der Waals surface area contributed by atoms with Crippen LogP contribution >= 0.6 is 0 Å². The van der Waals surface area contributed by atoms with Gasteiger partial charge in [-0.2, -0.15) is 18.2 Å². The van der Waals surface area contributed by atoms with Crippen LogP contribution in [0.25, 0.3) is 10.9 Å². The number of nitrogens with zero attached hydrogens (tertiary/aromatic N) is 2. The average Bonchev–Trinajstić information content (AvgIpc) is 3.05. The molecule has 0 saturated heterocycles. The summed E-state index contributed by atoms with van der Waals surface area (Å²) in [6.45, 7) is 0. The van der Waals surface area contributed by atoms with Crippen LogP contribution < -0.4 is 15.8 Å². The minimum absolute atomic E-state index is 0.0416. The highest BCUT2D eigenvalue weighted by atomic mass is 19.4. The quantitative estimate of drug-likeness (QED) is 0.481. The number of nitrogens with one attached hydrogen (secondary N) is 2. The highest BCUT2D eigenvalue weighted by Gasteiger charge is 2.34. The molecular formula is C17H14F3N5O2. The summed E-state index contributed by atoms with van der Waals surface area (Å²) in [5.74, 6) is -0.675. The second-order valence-electron chi connectivity index (χ2n) is 5.45. The first kappa shape index (κ1) is 18.2. The fraction of sp³-hybridized carbons (Fsp3) is 0.118. The number of benzene rings is 1. The summed E-state index contributed by atoms with van der Waals surface area (Å²) in [6.07, 6.45) is -1.74. The molecule has 1 amide bonds. The Morgan fingerprint density at radius 2 is 1.93 bits per heavy atom. The number of fused-ring (bicyclic) bond motifs is 1. The van der Waals surface area contributed by atoms with Crippen LogP contribution in [0.15, 0.2) is 47.7 Å². The molecule has 2 aromatic heterocycles. The minimum Gasteiger partial charge on any atom is -0.457 e. The second kappa shape index (κ2) is 6.98. The van der Waals surface area contributed by atoms with Crippen molar-refractivity contribution in [3.8, 4) is 11.5 Å². The van der Waals surface area contributed by atoms with Gasteiger partial charge >= 0.3 is 6.18 Å². The van der Waals surface area contributed by atoms with Crippen LogP contribution in [0.4, 0.5) is 13.2 Å². The Bertz CT molecular complexity index is 1010. The monoisotopic (exact) mass is 377 g/mol. The molecule has 0 bridgehead atoms. The fourth-order valence-corrected chi connectivity index (χ4v) is 2.39. The number of hydrogen-bond acceptors (Lipinski definition) is 3. The maximum atomic E-state index is 13.5. The van der Waals surface area contributed by atoms with Crippen molar-refractivity contribution in [3.63, 3.8) is 0 Å². The lowest BCUT2D eigenvalue weighted by atomic mass is 10.1. The van der Waals surface area contributed by atoms with Crippen LogP contribution in [0.1, 0.15) is 16.1 Å². The molecule has 0 aliphatic heterocycles. The van der Waals surface area contributed by atoms with E-state index in [1.54, 1.807) is 0 Å². The predicted octanol–water partition coefficient (Wildman–Crippen LogP) is 3.05. The average molecular weight is 377 g/mol. The number of aliphatic imine (C=N–C) groups is 1. The summed E-state index contributed by atoms with van der Waals surface area (Å²) in [7, 11) is 1.46. The number of carbonyl (C=O) groups excluding carboxylic acids is 1. The van der Waals surface area contributed by atoms with Crippen molar-refractivity contribution in [2.24, 2.45) is 10.7 Å². The Morgan fingerprint density at radius 1 is 1.22 bits per heavy atom. The molecule has 0 aliphatic carbocycles. The zero-order valence-corrected chi connectivity index (χ0v) is 14.0. The topological polar surface area (TPSA) is 105 Å². The van der Waals surface area contributed by atoms with Gasteiger partial charge in [0.25, 0.3) is 5.91 Å². The molecule has 0 unspecified atom stereocenters. The standard InChI is InChI=1S/C17H14F3N5O2/c1-22-16(21)25-15(26)14-8-11-12(17(18,19)20)6-10(7-13(11)24-14)27-9-2-4-23-5-3-9/h2-8,24H,1H3,(H3,21,22,25,26). The Hall–Kier alpha value is -3.56. The van der Waals surface area contributed by atoms with E-state index in [2.05, 4.69) is 20.3 Å². The molecule has 7 nitrogen and oxygen atoms in total. The van der Waals surface area contributed by atoms with Crippen molar-refractivity contribution in [1.29, 1.82) is 0 Å². The van der Waals surface area contributed by atoms with Crippen molar-refractivity contribution < 1.29 is 22.7 Å². The molecule has 0 fully saturated rings. The number of amides is 1. The van der Waals surface area contributed by atoms with E-state index in [-0.39, 0.29) is 28.3 Å². The Morgan fingerprint density at radius 3 is 2.56 bits per heavy atom. The van der Waals surface area contributed by atoms with Crippen LogP contribution in [0.3, 0.4) is 0 Å². The van der Waals surface area contributed by atoms with Crippen LogP contribution in [-0.4, -0.2) is 28.9 Å². The van der Waals surface area contributed by atoms with Gasteiger partial charge in [-0.25, -0.2) is 0 Å². The highest BCUT2D eigenvalue weighted by molar-refractivity contribution is 6.04. The van der Waals surface area contributed by atoms with E-state index in [1.165, 1.54) is 37.6 Å². The lowest BCUT2D eigenvalue weighted by Crippen LogP contribution is -2.28. The summed E-state index contributed by atoms with van der Waals surface area (Å²) >= 11 is 0. The second-order valence-corrected chi connectivity index (χ2v) is 5.45. The van der Waals surface area contributed by atoms with E-state index in [1.807, 2.05) is 0 Å². The van der Waals surface area contributed by atoms with Gasteiger partial charge in [-0.3, -0.25) is 9.78 Å². The number of pyridine rings is 1. The number of alkyl halides is 3. The number of ether oxygens (including phenoxy) is 1. The van der Waals surface area contributed by atoms with E-state index < -0.39 is 17.6 Å². The first-order chi connectivity index (χ1) is 12.8. The number of aromatic nitrogens is 2. The van der Waals surface area contributed by atoms with Gasteiger partial charge in [0.1, 0.15) is 17.2 Å². The molecule has 0 atom stereocenters. The number of carbonyl (C=O) groups is 1. The zero-order valence-electron chi connectivity index (χ0n) is 14.0. The van der Waals surface area contributed by atoms with Crippen LogP contribution in [0, 0.1) is 0 Å². The van der Waals surface area contributed by atoms with Crippen LogP contribution in [0.5, 0.6) is 11.5 Å². The SMILES string of the molecule is CNC(N)=NC(=O)c1cc2c(C(F)(F)F)cc(Oc3ccncc3)cc2[nH]1. The van der Waals surface area contributed by atoms with E-state index in [0.717, 1.165) is 12.1 Å². The van der Waals surface area contributed by atoms with Gasteiger partial charge in [-0.15, -0.1) is 0 Å². The molecule has 4 N–H and O–H groups in total. The van der Waals surface area contributed by atoms with Gasteiger partial charge in [0.05, 0.1) is 11.1 Å². The largest absolute Gasteiger partial charge is 0.457 e. The Kier molecular flexibility index (Phi) is 4.72. The number of hydrogen-bond donors (Lipinski definition) is 3. The molecular weight excluding hydrogens is 363 g/mol. The van der Waals surface area contributed by atoms with E-state index in [0.29, 0.717) is 5.75 Å². The Labute approximate surface area is 151 Å². The summed E-state index contributed by atoms with van der Waals surface area (Å²) in [6, 6.07) is 6.35. The molecule has 140 valence electrons. The number of nitrogens with two attached hydrogens (primary N) is 1. The van der Waals surface area contributed by atoms with Gasteiger partial charge in [-0.1, -0.05) is 0 Å². The first-order valence-electron chi connectivity index (χ1n) is 7.66. The van der Waals surface area contributed by atoms with Crippen molar-refractivity contribution in [2.75, 3.05) is 7.05 Å². The summed E-state index contributed by atoms with van der Waals surface area (Å²) in [5.41, 5.74) is 4.42. The molecule has 0 saturated carbocycles. The third-order valence-corrected chi connectivity index (χ3v) is 3.61. The zero-order chi connectivity index (χ0) is 19.6. The summed E-state index contributed by atoms with van der Waals surface area (Å²) < 4.78 is 45.9. The van der Waals surface area contributed by atoms with E-state index >= 15 is 0 Å². The molecule has 3 rings (SSSR count). The summed E-state index contributed by atoms with van der Waals surface area (Å²) in [4.78, 5) is 22.0. The van der Waals surface area contributed by atoms with E-state index in [4.69, 9.17) is 10.5 Å². The molecule has 27 heavy (non-hydrogen) atoms. The van der Waals surface area contributed by atoms with Crippen molar-refractivity contribution >= 4 is 22.8 Å². The summed E-state index contributed by atoms with van der Waals surface area (Å²) in [5, 5.41) is 2.28. The van der Waals surface area contributed by atoms with Gasteiger partial charge in [-0.05, 0) is 24.3 Å². The van der Waals surface area contributed by atoms with Gasteiger partial charge in [0.15, 0.2) is 5.96 Å². The molecule has 2 heterocycles. The Balaban J connectivity index is 2.09. The molecule has 1 aromatic carbocycles. The van der Waals surface area contributed by atoms with Gasteiger partial charge < -0.3 is 20.8 Å². The van der Waals surface area contributed by atoms with Crippen LogP contribution in [-0.2, 0) is 6.18 Å². The van der Waals surface area contributed by atoms with Crippen molar-refractivity contribution in [2.45, 2.75) is 6.18 Å². The van der Waals surface area contributed by atoms with Crippen LogP contribution in [0.2, 0.25) is 0 Å². The smallest absolute Gasteiger partial charge is 0.417 e. The molecule has 0 spiro atoms. The maximum Gasteiger partial charge on any atom is 0.417 e. The number of rotatable bonds is 3. The third-order valence-electron chi connectivity index (χ3n) is 3.61. The normalized spacial score (nSPS) is 12.2. The molecule has 0 radical (unpaired) electrons. The third kappa shape index (κ3) is 4.00. The maximum absolute atomic E-state index is 13.5. The molecule has 0 aliphatic rings. The van der Waals surface area contributed by atoms with Gasteiger partial charge in [0, 0.05) is 30.9 Å². The number of aromatic amines is 1. The van der Waals surface area contributed by atoms with Gasteiger partial charge in [0.2, 0.25) is 0 Å². The highest BCUT2D eigenvalue weighted by Crippen LogP contribution is 2.39. The van der Waals surface area contributed by atoms with E-state index in [9.17, 15) is 18.0 Å². The number of guanidine groups is 1. The van der Waals surface area contributed by atoms with Crippen molar-refractivity contribution in [3.05, 3.63) is 54.0 Å². The molecule has 10 heteroatoms. The molecule has 3 aromatic rings.